The lowest BCUT2D eigenvalue weighted by Crippen LogP contribution is -2.07. The van der Waals surface area contributed by atoms with Crippen molar-refractivity contribution < 1.29 is 4.74 Å². The third-order valence-corrected chi connectivity index (χ3v) is 2.36. The van der Waals surface area contributed by atoms with Gasteiger partial charge in [-0.15, -0.1) is 0 Å². The molecule has 1 radical (unpaired) electrons. The maximum atomic E-state index is 5.86. The predicted octanol–water partition coefficient (Wildman–Crippen LogP) is 3.28. The van der Waals surface area contributed by atoms with E-state index in [1.165, 1.54) is 5.56 Å². The number of hydrogen-bond acceptors (Lipinski definition) is 1. The molecule has 0 saturated carbocycles. The highest BCUT2D eigenvalue weighted by Gasteiger charge is 2.02. The standard InChI is InChI=1S/C12H14ClO/c1-3-12(14-2)8-7-10-5-4-6-11(13)9-10/h1,3-6,9,12H,7-8H2,2H3. The molecule has 0 aliphatic rings. The van der Waals surface area contributed by atoms with Crippen molar-refractivity contribution >= 4 is 11.6 Å². The quantitative estimate of drug-likeness (QED) is 0.723. The van der Waals surface area contributed by atoms with Gasteiger partial charge in [-0.05, 0) is 30.5 Å². The van der Waals surface area contributed by atoms with Crippen LogP contribution < -0.4 is 0 Å². The van der Waals surface area contributed by atoms with E-state index < -0.39 is 0 Å². The van der Waals surface area contributed by atoms with E-state index in [9.17, 15) is 0 Å². The third kappa shape index (κ3) is 3.52. The van der Waals surface area contributed by atoms with Crippen molar-refractivity contribution in [3.63, 3.8) is 0 Å². The largest absolute Gasteiger partial charge is 0.377 e. The van der Waals surface area contributed by atoms with Crippen LogP contribution >= 0.6 is 11.6 Å². The Morgan fingerprint density at radius 2 is 2.36 bits per heavy atom. The van der Waals surface area contributed by atoms with Crippen molar-refractivity contribution in [1.29, 1.82) is 0 Å². The Hall–Kier alpha value is -0.790. The Morgan fingerprint density at radius 1 is 1.57 bits per heavy atom. The van der Waals surface area contributed by atoms with Crippen LogP contribution in [0.4, 0.5) is 0 Å². The minimum absolute atomic E-state index is 0.0222. The van der Waals surface area contributed by atoms with Crippen molar-refractivity contribution in [3.05, 3.63) is 47.5 Å². The lowest BCUT2D eigenvalue weighted by atomic mass is 10.1. The molecule has 75 valence electrons. The van der Waals surface area contributed by atoms with Crippen molar-refractivity contribution in [3.8, 4) is 0 Å². The first-order valence-electron chi connectivity index (χ1n) is 4.58. The van der Waals surface area contributed by atoms with Crippen LogP contribution in [0, 0.1) is 6.58 Å². The van der Waals surface area contributed by atoms with Crippen molar-refractivity contribution in [2.24, 2.45) is 0 Å². The van der Waals surface area contributed by atoms with Crippen molar-refractivity contribution in [2.45, 2.75) is 18.9 Å². The summed E-state index contributed by atoms with van der Waals surface area (Å²) in [6, 6.07) is 7.83. The van der Waals surface area contributed by atoms with E-state index in [2.05, 4.69) is 6.07 Å². The average Bonchev–Trinajstić information content (AvgIpc) is 2.19. The van der Waals surface area contributed by atoms with E-state index in [0.717, 1.165) is 17.9 Å². The number of ether oxygens (including phenoxy) is 1. The van der Waals surface area contributed by atoms with Crippen LogP contribution in [-0.2, 0) is 11.2 Å². The van der Waals surface area contributed by atoms with Gasteiger partial charge in [0, 0.05) is 12.1 Å². The molecule has 0 N–H and O–H groups in total. The van der Waals surface area contributed by atoms with Gasteiger partial charge in [0.15, 0.2) is 0 Å². The molecule has 0 aromatic heterocycles. The van der Waals surface area contributed by atoms with Crippen LogP contribution in [0.25, 0.3) is 0 Å². The maximum Gasteiger partial charge on any atom is 0.0758 e. The van der Waals surface area contributed by atoms with E-state index in [4.69, 9.17) is 22.9 Å². The zero-order valence-electron chi connectivity index (χ0n) is 8.24. The second-order valence-electron chi connectivity index (χ2n) is 3.14. The van der Waals surface area contributed by atoms with E-state index in [-0.39, 0.29) is 6.10 Å². The molecular weight excluding hydrogens is 196 g/mol. The summed E-state index contributed by atoms with van der Waals surface area (Å²) in [7, 11) is 1.66. The highest BCUT2D eigenvalue weighted by molar-refractivity contribution is 6.30. The predicted molar refractivity (Wildman–Crippen MR) is 59.4 cm³/mol. The Balaban J connectivity index is 2.48. The van der Waals surface area contributed by atoms with Crippen LogP contribution in [-0.4, -0.2) is 13.2 Å². The first-order chi connectivity index (χ1) is 6.76. The normalized spacial score (nSPS) is 12.4. The number of benzene rings is 1. The zero-order chi connectivity index (χ0) is 10.4. The number of hydrogen-bond donors (Lipinski definition) is 0. The third-order valence-electron chi connectivity index (χ3n) is 2.12. The lowest BCUT2D eigenvalue weighted by molar-refractivity contribution is 0.134. The molecule has 0 aliphatic carbocycles. The highest BCUT2D eigenvalue weighted by Crippen LogP contribution is 2.13. The maximum absolute atomic E-state index is 5.86. The Bertz CT molecular complexity index is 296. The smallest absolute Gasteiger partial charge is 0.0758 e. The monoisotopic (exact) mass is 209 g/mol. The van der Waals surface area contributed by atoms with Gasteiger partial charge in [0.1, 0.15) is 0 Å². The fourth-order valence-electron chi connectivity index (χ4n) is 1.29. The Morgan fingerprint density at radius 3 is 2.93 bits per heavy atom. The van der Waals surface area contributed by atoms with E-state index >= 15 is 0 Å². The second kappa shape index (κ2) is 5.84. The SMILES string of the molecule is [CH]=CC(CCc1cccc(Cl)c1)OC. The minimum atomic E-state index is 0.0222. The number of halogens is 1. The molecular formula is C12H14ClO. The van der Waals surface area contributed by atoms with E-state index in [1.807, 2.05) is 18.2 Å². The molecule has 0 amide bonds. The molecule has 0 saturated heterocycles. The van der Waals surface area contributed by atoms with Gasteiger partial charge in [-0.2, -0.15) is 0 Å². The molecule has 0 bridgehead atoms. The summed E-state index contributed by atoms with van der Waals surface area (Å²) < 4.78 is 5.14. The number of aryl methyl sites for hydroxylation is 1. The summed E-state index contributed by atoms with van der Waals surface area (Å²) in [6.45, 7) is 5.40. The van der Waals surface area contributed by atoms with Crippen molar-refractivity contribution in [1.82, 2.24) is 0 Å². The van der Waals surface area contributed by atoms with Crippen LogP contribution in [0.2, 0.25) is 5.02 Å². The Kier molecular flexibility index (Phi) is 4.71. The van der Waals surface area contributed by atoms with Gasteiger partial charge >= 0.3 is 0 Å². The molecule has 1 rings (SSSR count). The van der Waals surface area contributed by atoms with Gasteiger partial charge in [0.25, 0.3) is 0 Å². The zero-order valence-corrected chi connectivity index (χ0v) is 9.00. The first-order valence-corrected chi connectivity index (χ1v) is 4.96. The molecule has 1 atom stereocenters. The van der Waals surface area contributed by atoms with Gasteiger partial charge in [0.2, 0.25) is 0 Å². The van der Waals surface area contributed by atoms with Crippen molar-refractivity contribution in [2.75, 3.05) is 7.11 Å². The van der Waals surface area contributed by atoms with Crippen LogP contribution in [0.15, 0.2) is 30.3 Å². The molecule has 0 heterocycles. The van der Waals surface area contributed by atoms with Gasteiger partial charge in [-0.25, -0.2) is 0 Å². The highest BCUT2D eigenvalue weighted by atomic mass is 35.5. The van der Waals surface area contributed by atoms with Crippen LogP contribution in [0.1, 0.15) is 12.0 Å². The average molecular weight is 210 g/mol. The van der Waals surface area contributed by atoms with E-state index in [1.54, 1.807) is 13.2 Å². The molecule has 0 aliphatic heterocycles. The molecule has 1 aromatic rings. The number of rotatable bonds is 5. The first kappa shape index (κ1) is 11.3. The van der Waals surface area contributed by atoms with Gasteiger partial charge in [-0.3, -0.25) is 0 Å². The lowest BCUT2D eigenvalue weighted by Gasteiger charge is -2.09. The summed E-state index contributed by atoms with van der Waals surface area (Å²) >= 11 is 5.86. The minimum Gasteiger partial charge on any atom is -0.377 e. The van der Waals surface area contributed by atoms with Gasteiger partial charge < -0.3 is 4.74 Å². The topological polar surface area (TPSA) is 9.23 Å². The summed E-state index contributed by atoms with van der Waals surface area (Å²) in [5.74, 6) is 0. The van der Waals surface area contributed by atoms with Gasteiger partial charge in [-0.1, -0.05) is 36.4 Å². The molecule has 2 heteroatoms. The molecule has 1 aromatic carbocycles. The molecule has 14 heavy (non-hydrogen) atoms. The summed E-state index contributed by atoms with van der Waals surface area (Å²) in [6.07, 6.45) is 3.40. The van der Waals surface area contributed by atoms with Crippen LogP contribution in [0.5, 0.6) is 0 Å². The summed E-state index contributed by atoms with van der Waals surface area (Å²) in [5.41, 5.74) is 1.21. The van der Waals surface area contributed by atoms with Crippen LogP contribution in [0.3, 0.4) is 0 Å². The van der Waals surface area contributed by atoms with E-state index in [0.29, 0.717) is 0 Å². The fraction of sp³-hybridized carbons (Fsp3) is 0.333. The molecule has 1 nitrogen and oxygen atoms in total. The fourth-order valence-corrected chi connectivity index (χ4v) is 1.51. The molecule has 0 fully saturated rings. The Labute approximate surface area is 90.3 Å². The number of methoxy groups -OCH3 is 1. The second-order valence-corrected chi connectivity index (χ2v) is 3.57. The molecule has 1 unspecified atom stereocenters. The summed E-state index contributed by atoms with van der Waals surface area (Å²) in [5, 5.41) is 0.771. The molecule has 0 spiro atoms. The summed E-state index contributed by atoms with van der Waals surface area (Å²) in [4.78, 5) is 0. The van der Waals surface area contributed by atoms with Gasteiger partial charge in [0.05, 0.1) is 6.10 Å².